The molecule has 0 radical (unpaired) electrons. The zero-order chi connectivity index (χ0) is 12.7. The highest BCUT2D eigenvalue weighted by atomic mass is 16.5. The normalized spacial score (nSPS) is 12.2. The van der Waals surface area contributed by atoms with Crippen LogP contribution in [0.25, 0.3) is 0 Å². The number of aliphatic hydroxyl groups excluding tert-OH is 1. The van der Waals surface area contributed by atoms with Crippen molar-refractivity contribution in [2.45, 2.75) is 25.9 Å². The Labute approximate surface area is 103 Å². The van der Waals surface area contributed by atoms with Crippen molar-refractivity contribution >= 4 is 0 Å². The lowest BCUT2D eigenvalue weighted by molar-refractivity contribution is 0.238. The molecule has 0 aliphatic carbocycles. The van der Waals surface area contributed by atoms with Gasteiger partial charge in [-0.1, -0.05) is 13.0 Å². The van der Waals surface area contributed by atoms with Gasteiger partial charge in [0.05, 0.1) is 20.8 Å². The largest absolute Gasteiger partial charge is 0.493 e. The highest BCUT2D eigenvalue weighted by Gasteiger charge is 2.06. The second-order valence-electron chi connectivity index (χ2n) is 3.86. The molecule has 0 heterocycles. The third kappa shape index (κ3) is 3.91. The third-order valence-corrected chi connectivity index (χ3v) is 2.76. The van der Waals surface area contributed by atoms with E-state index in [0.717, 1.165) is 23.5 Å². The zero-order valence-electron chi connectivity index (χ0n) is 10.7. The number of benzene rings is 1. The van der Waals surface area contributed by atoms with E-state index in [1.807, 2.05) is 25.1 Å². The van der Waals surface area contributed by atoms with E-state index in [1.54, 1.807) is 14.2 Å². The molecule has 0 amide bonds. The van der Waals surface area contributed by atoms with Gasteiger partial charge < -0.3 is 19.9 Å². The molecule has 1 aromatic rings. The maximum atomic E-state index is 9.08. The Morgan fingerprint density at radius 3 is 2.47 bits per heavy atom. The Balaban J connectivity index is 2.66. The maximum absolute atomic E-state index is 9.08. The van der Waals surface area contributed by atoms with Gasteiger partial charge in [-0.2, -0.15) is 0 Å². The predicted molar refractivity (Wildman–Crippen MR) is 67.6 cm³/mol. The van der Waals surface area contributed by atoms with Crippen molar-refractivity contribution in [2.24, 2.45) is 0 Å². The summed E-state index contributed by atoms with van der Waals surface area (Å²) in [5.41, 5.74) is 1.11. The molecule has 1 rings (SSSR count). The first kappa shape index (κ1) is 13.8. The summed E-state index contributed by atoms with van der Waals surface area (Å²) in [5, 5.41) is 12.4. The molecule has 96 valence electrons. The maximum Gasteiger partial charge on any atom is 0.161 e. The van der Waals surface area contributed by atoms with Gasteiger partial charge in [-0.05, 0) is 24.1 Å². The molecule has 4 heteroatoms. The fourth-order valence-corrected chi connectivity index (χ4v) is 1.59. The number of nitrogens with one attached hydrogen (secondary N) is 1. The van der Waals surface area contributed by atoms with E-state index in [1.165, 1.54) is 0 Å². The molecule has 2 N–H and O–H groups in total. The monoisotopic (exact) mass is 239 g/mol. The summed E-state index contributed by atoms with van der Waals surface area (Å²) in [4.78, 5) is 0. The van der Waals surface area contributed by atoms with Crippen LogP contribution in [0, 0.1) is 0 Å². The van der Waals surface area contributed by atoms with E-state index in [2.05, 4.69) is 5.32 Å². The summed E-state index contributed by atoms with van der Waals surface area (Å²) < 4.78 is 10.4. The van der Waals surface area contributed by atoms with E-state index in [-0.39, 0.29) is 12.6 Å². The molecule has 0 aromatic heterocycles. The van der Waals surface area contributed by atoms with Crippen molar-refractivity contribution < 1.29 is 14.6 Å². The Morgan fingerprint density at radius 1 is 1.24 bits per heavy atom. The fraction of sp³-hybridized carbons (Fsp3) is 0.538. The first-order valence-electron chi connectivity index (χ1n) is 5.80. The SMILES string of the molecule is CC[C@H](CO)NCc1ccc(OC)c(OC)c1. The van der Waals surface area contributed by atoms with E-state index in [4.69, 9.17) is 14.6 Å². The molecule has 0 saturated heterocycles. The second-order valence-corrected chi connectivity index (χ2v) is 3.86. The molecule has 4 nitrogen and oxygen atoms in total. The molecular formula is C13H21NO3. The summed E-state index contributed by atoms with van der Waals surface area (Å²) in [6, 6.07) is 5.95. The lowest BCUT2D eigenvalue weighted by atomic mass is 10.1. The van der Waals surface area contributed by atoms with E-state index < -0.39 is 0 Å². The molecule has 1 aromatic carbocycles. The summed E-state index contributed by atoms with van der Waals surface area (Å²) >= 11 is 0. The smallest absolute Gasteiger partial charge is 0.161 e. The van der Waals surface area contributed by atoms with Crippen molar-refractivity contribution in [3.05, 3.63) is 23.8 Å². The minimum absolute atomic E-state index is 0.142. The second kappa shape index (κ2) is 7.14. The van der Waals surface area contributed by atoms with E-state index in [9.17, 15) is 0 Å². The van der Waals surface area contributed by atoms with Crippen LogP contribution in [0.4, 0.5) is 0 Å². The average molecular weight is 239 g/mol. The lowest BCUT2D eigenvalue weighted by Crippen LogP contribution is -2.31. The summed E-state index contributed by atoms with van der Waals surface area (Å²) in [5.74, 6) is 1.45. The summed E-state index contributed by atoms with van der Waals surface area (Å²) in [6.45, 7) is 2.91. The molecule has 1 atom stereocenters. The third-order valence-electron chi connectivity index (χ3n) is 2.76. The van der Waals surface area contributed by atoms with E-state index >= 15 is 0 Å². The van der Waals surface area contributed by atoms with Crippen LogP contribution in [0.5, 0.6) is 11.5 Å². The molecule has 0 saturated carbocycles. The molecular weight excluding hydrogens is 218 g/mol. The minimum Gasteiger partial charge on any atom is -0.493 e. The van der Waals surface area contributed by atoms with Crippen LogP contribution in [0.15, 0.2) is 18.2 Å². The van der Waals surface area contributed by atoms with Gasteiger partial charge in [0.2, 0.25) is 0 Å². The molecule has 0 aliphatic heterocycles. The number of aliphatic hydroxyl groups is 1. The van der Waals surface area contributed by atoms with Crippen molar-refractivity contribution in [1.29, 1.82) is 0 Å². The van der Waals surface area contributed by atoms with Crippen molar-refractivity contribution in [1.82, 2.24) is 5.32 Å². The number of methoxy groups -OCH3 is 2. The van der Waals surface area contributed by atoms with E-state index in [0.29, 0.717) is 6.54 Å². The van der Waals surface area contributed by atoms with Gasteiger partial charge in [0.1, 0.15) is 0 Å². The van der Waals surface area contributed by atoms with Crippen molar-refractivity contribution in [3.63, 3.8) is 0 Å². The number of hydrogen-bond donors (Lipinski definition) is 2. The standard InChI is InChI=1S/C13H21NO3/c1-4-11(9-15)14-8-10-5-6-12(16-2)13(7-10)17-3/h5-7,11,14-15H,4,8-9H2,1-3H3/t11-/m1/s1. The van der Waals surface area contributed by atoms with Crippen LogP contribution in [0.2, 0.25) is 0 Å². The molecule has 0 bridgehead atoms. The molecule has 17 heavy (non-hydrogen) atoms. The highest BCUT2D eigenvalue weighted by molar-refractivity contribution is 5.42. The van der Waals surface area contributed by atoms with Gasteiger partial charge >= 0.3 is 0 Å². The van der Waals surface area contributed by atoms with Crippen LogP contribution in [-0.4, -0.2) is 32.0 Å². The molecule has 0 aliphatic rings. The average Bonchev–Trinajstić information content (AvgIpc) is 2.39. The topological polar surface area (TPSA) is 50.7 Å². The van der Waals surface area contributed by atoms with Crippen molar-refractivity contribution in [2.75, 3.05) is 20.8 Å². The molecule has 0 fully saturated rings. The Kier molecular flexibility index (Phi) is 5.80. The first-order valence-corrected chi connectivity index (χ1v) is 5.80. The van der Waals surface area contributed by atoms with Crippen LogP contribution in [-0.2, 0) is 6.54 Å². The Morgan fingerprint density at radius 2 is 1.94 bits per heavy atom. The molecule has 0 spiro atoms. The minimum atomic E-state index is 0.142. The van der Waals surface area contributed by atoms with Crippen molar-refractivity contribution in [3.8, 4) is 11.5 Å². The number of hydrogen-bond acceptors (Lipinski definition) is 4. The fourth-order valence-electron chi connectivity index (χ4n) is 1.59. The summed E-state index contributed by atoms with van der Waals surface area (Å²) in [7, 11) is 3.24. The predicted octanol–water partition coefficient (Wildman–Crippen LogP) is 1.56. The Hall–Kier alpha value is -1.26. The number of ether oxygens (including phenoxy) is 2. The zero-order valence-corrected chi connectivity index (χ0v) is 10.7. The lowest BCUT2D eigenvalue weighted by Gasteiger charge is -2.15. The quantitative estimate of drug-likeness (QED) is 0.758. The first-order chi connectivity index (χ1) is 8.24. The van der Waals surface area contributed by atoms with Gasteiger partial charge in [-0.15, -0.1) is 0 Å². The van der Waals surface area contributed by atoms with Gasteiger partial charge in [0, 0.05) is 12.6 Å². The Bertz CT molecular complexity index is 337. The van der Waals surface area contributed by atoms with Crippen LogP contribution in [0.3, 0.4) is 0 Å². The van der Waals surface area contributed by atoms with Gasteiger partial charge in [0.25, 0.3) is 0 Å². The van der Waals surface area contributed by atoms with Crippen LogP contribution >= 0.6 is 0 Å². The number of rotatable bonds is 7. The summed E-state index contributed by atoms with van der Waals surface area (Å²) in [6.07, 6.45) is 0.907. The highest BCUT2D eigenvalue weighted by Crippen LogP contribution is 2.27. The van der Waals surface area contributed by atoms with Gasteiger partial charge in [-0.3, -0.25) is 0 Å². The van der Waals surface area contributed by atoms with Crippen LogP contribution < -0.4 is 14.8 Å². The van der Waals surface area contributed by atoms with Gasteiger partial charge in [0.15, 0.2) is 11.5 Å². The van der Waals surface area contributed by atoms with Crippen LogP contribution in [0.1, 0.15) is 18.9 Å². The molecule has 0 unspecified atom stereocenters. The van der Waals surface area contributed by atoms with Gasteiger partial charge in [-0.25, -0.2) is 0 Å².